The lowest BCUT2D eigenvalue weighted by Gasteiger charge is -2.25. The number of anilines is 2. The number of rotatable bonds is 6. The van der Waals surface area contributed by atoms with Crippen LogP contribution >= 0.6 is 0 Å². The molecule has 0 aliphatic heterocycles. The van der Waals surface area contributed by atoms with E-state index in [1.807, 2.05) is 6.07 Å². The van der Waals surface area contributed by atoms with Gasteiger partial charge in [0.15, 0.2) is 0 Å². The van der Waals surface area contributed by atoms with Gasteiger partial charge in [0.2, 0.25) is 15.9 Å². The third kappa shape index (κ3) is 5.07. The number of benzene rings is 2. The highest BCUT2D eigenvalue weighted by Gasteiger charge is 2.24. The third-order valence-electron chi connectivity index (χ3n) is 3.94. The van der Waals surface area contributed by atoms with Crippen LogP contribution < -0.4 is 9.62 Å². The Bertz CT molecular complexity index is 950. The Kier molecular flexibility index (Phi) is 6.22. The number of hydrogen-bond donors (Lipinski definition) is 1. The van der Waals surface area contributed by atoms with Crippen LogP contribution in [0.2, 0.25) is 0 Å². The molecule has 2 aromatic rings. The molecule has 2 aromatic carbocycles. The van der Waals surface area contributed by atoms with Gasteiger partial charge in [0.25, 0.3) is 0 Å². The van der Waals surface area contributed by atoms with Crippen molar-refractivity contribution in [2.75, 3.05) is 29.5 Å². The molecule has 0 radical (unpaired) electrons. The van der Waals surface area contributed by atoms with Gasteiger partial charge in [-0.3, -0.25) is 9.10 Å². The Labute approximate surface area is 159 Å². The van der Waals surface area contributed by atoms with Crippen molar-refractivity contribution in [3.8, 4) is 0 Å². The lowest BCUT2D eigenvalue weighted by atomic mass is 10.1. The lowest BCUT2D eigenvalue weighted by Crippen LogP contribution is -2.38. The van der Waals surface area contributed by atoms with Crippen molar-refractivity contribution in [3.63, 3.8) is 0 Å². The maximum atomic E-state index is 12.5. The van der Waals surface area contributed by atoms with E-state index in [9.17, 15) is 18.0 Å². The van der Waals surface area contributed by atoms with E-state index in [0.717, 1.165) is 21.7 Å². The topological polar surface area (TPSA) is 92.8 Å². The standard InChI is InChI=1S/C19H22N2O5S/c1-13-7-5-8-14(2)18(13)21(27(4,24)25)12-17(22)20-16-10-6-9-15(11-16)19(23)26-3/h5-11H,12H2,1-4H3,(H,20,22). The second kappa shape index (κ2) is 8.22. The molecule has 0 heterocycles. The molecule has 0 aliphatic carbocycles. The first-order valence-corrected chi connectivity index (χ1v) is 10.0. The number of carbonyl (C=O) groups is 2. The zero-order valence-corrected chi connectivity index (χ0v) is 16.5. The molecule has 0 spiro atoms. The Morgan fingerprint density at radius 3 is 2.22 bits per heavy atom. The maximum Gasteiger partial charge on any atom is 0.337 e. The number of carbonyl (C=O) groups excluding carboxylic acids is 2. The van der Waals surface area contributed by atoms with E-state index < -0.39 is 21.9 Å². The molecular formula is C19H22N2O5S. The molecule has 7 nitrogen and oxygen atoms in total. The van der Waals surface area contributed by atoms with Crippen molar-refractivity contribution in [3.05, 3.63) is 59.2 Å². The normalized spacial score (nSPS) is 11.0. The lowest BCUT2D eigenvalue weighted by molar-refractivity contribution is -0.114. The number of sulfonamides is 1. The summed E-state index contributed by atoms with van der Waals surface area (Å²) in [4.78, 5) is 24.1. The molecule has 0 fully saturated rings. The molecule has 0 aliphatic rings. The average Bonchev–Trinajstić information content (AvgIpc) is 2.59. The smallest absolute Gasteiger partial charge is 0.337 e. The Balaban J connectivity index is 2.27. The first-order valence-electron chi connectivity index (χ1n) is 8.15. The first-order chi connectivity index (χ1) is 12.6. The summed E-state index contributed by atoms with van der Waals surface area (Å²) in [6.07, 6.45) is 1.06. The minimum atomic E-state index is -3.68. The highest BCUT2D eigenvalue weighted by molar-refractivity contribution is 7.92. The molecule has 8 heteroatoms. The number of nitrogens with zero attached hydrogens (tertiary/aromatic N) is 1. The summed E-state index contributed by atoms with van der Waals surface area (Å²) in [6.45, 7) is 3.20. The summed E-state index contributed by atoms with van der Waals surface area (Å²) in [7, 11) is -2.41. The van der Waals surface area contributed by atoms with Crippen molar-refractivity contribution in [2.24, 2.45) is 0 Å². The van der Waals surface area contributed by atoms with Crippen molar-refractivity contribution in [1.29, 1.82) is 0 Å². The number of para-hydroxylation sites is 1. The van der Waals surface area contributed by atoms with Crippen LogP contribution in [0.5, 0.6) is 0 Å². The Morgan fingerprint density at radius 1 is 1.07 bits per heavy atom. The summed E-state index contributed by atoms with van der Waals surface area (Å²) >= 11 is 0. The van der Waals surface area contributed by atoms with E-state index in [1.54, 1.807) is 44.2 Å². The summed E-state index contributed by atoms with van der Waals surface area (Å²) in [5.41, 5.74) is 2.64. The van der Waals surface area contributed by atoms with Crippen LogP contribution in [0.25, 0.3) is 0 Å². The SMILES string of the molecule is COC(=O)c1cccc(NC(=O)CN(c2c(C)cccc2C)S(C)(=O)=O)c1. The Hall–Kier alpha value is -2.87. The second-order valence-electron chi connectivity index (χ2n) is 6.13. The van der Waals surface area contributed by atoms with Crippen LogP contribution in [0.15, 0.2) is 42.5 Å². The van der Waals surface area contributed by atoms with Gasteiger partial charge in [0.1, 0.15) is 6.54 Å². The number of hydrogen-bond acceptors (Lipinski definition) is 5. The zero-order chi connectivity index (χ0) is 20.2. The molecule has 0 saturated carbocycles. The van der Waals surface area contributed by atoms with Crippen LogP contribution in [-0.4, -0.2) is 40.2 Å². The van der Waals surface area contributed by atoms with Gasteiger partial charge in [-0.15, -0.1) is 0 Å². The van der Waals surface area contributed by atoms with E-state index in [4.69, 9.17) is 0 Å². The van der Waals surface area contributed by atoms with Gasteiger partial charge in [-0.25, -0.2) is 13.2 Å². The quantitative estimate of drug-likeness (QED) is 0.765. The first kappa shape index (κ1) is 20.4. The van der Waals surface area contributed by atoms with E-state index in [0.29, 0.717) is 11.4 Å². The number of esters is 1. The maximum absolute atomic E-state index is 12.5. The van der Waals surface area contributed by atoms with Gasteiger partial charge in [-0.2, -0.15) is 0 Å². The van der Waals surface area contributed by atoms with Crippen LogP contribution in [-0.2, 0) is 19.6 Å². The van der Waals surface area contributed by atoms with E-state index in [1.165, 1.54) is 13.2 Å². The van der Waals surface area contributed by atoms with Gasteiger partial charge < -0.3 is 10.1 Å². The predicted molar refractivity (Wildman–Crippen MR) is 105 cm³/mol. The summed E-state index contributed by atoms with van der Waals surface area (Å²) < 4.78 is 30.3. The molecule has 1 N–H and O–H groups in total. The molecule has 0 aromatic heterocycles. The molecule has 144 valence electrons. The van der Waals surface area contributed by atoms with Crippen LogP contribution in [0, 0.1) is 13.8 Å². The molecule has 0 atom stereocenters. The van der Waals surface area contributed by atoms with Gasteiger partial charge in [0.05, 0.1) is 24.6 Å². The molecule has 0 unspecified atom stereocenters. The minimum Gasteiger partial charge on any atom is -0.465 e. The van der Waals surface area contributed by atoms with Crippen molar-refractivity contribution in [1.82, 2.24) is 0 Å². The highest BCUT2D eigenvalue weighted by Crippen LogP contribution is 2.26. The average molecular weight is 390 g/mol. The van der Waals surface area contributed by atoms with Gasteiger partial charge in [0, 0.05) is 5.69 Å². The summed E-state index contributed by atoms with van der Waals surface area (Å²) in [5, 5.41) is 2.62. The highest BCUT2D eigenvalue weighted by atomic mass is 32.2. The number of nitrogens with one attached hydrogen (secondary N) is 1. The fraction of sp³-hybridized carbons (Fsp3) is 0.263. The summed E-state index contributed by atoms with van der Waals surface area (Å²) in [6, 6.07) is 11.6. The monoisotopic (exact) mass is 390 g/mol. The molecular weight excluding hydrogens is 368 g/mol. The summed E-state index contributed by atoms with van der Waals surface area (Å²) in [5.74, 6) is -1.05. The van der Waals surface area contributed by atoms with Crippen LogP contribution in [0.1, 0.15) is 21.5 Å². The van der Waals surface area contributed by atoms with E-state index >= 15 is 0 Å². The Morgan fingerprint density at radius 2 is 1.67 bits per heavy atom. The van der Waals surface area contributed by atoms with E-state index in [2.05, 4.69) is 10.1 Å². The molecule has 27 heavy (non-hydrogen) atoms. The van der Waals surface area contributed by atoms with Gasteiger partial charge in [-0.05, 0) is 43.2 Å². The van der Waals surface area contributed by atoms with Crippen molar-refractivity contribution < 1.29 is 22.7 Å². The minimum absolute atomic E-state index is 0.282. The van der Waals surface area contributed by atoms with Crippen molar-refractivity contribution >= 4 is 33.3 Å². The zero-order valence-electron chi connectivity index (χ0n) is 15.6. The largest absolute Gasteiger partial charge is 0.465 e. The number of aryl methyl sites for hydroxylation is 2. The van der Waals surface area contributed by atoms with Crippen LogP contribution in [0.3, 0.4) is 0 Å². The van der Waals surface area contributed by atoms with Crippen LogP contribution in [0.4, 0.5) is 11.4 Å². The molecule has 2 rings (SSSR count). The number of amides is 1. The predicted octanol–water partition coefficient (Wildman–Crippen LogP) is 2.49. The van der Waals surface area contributed by atoms with Gasteiger partial charge >= 0.3 is 5.97 Å². The molecule has 1 amide bonds. The fourth-order valence-corrected chi connectivity index (χ4v) is 3.71. The van der Waals surface area contributed by atoms with Crippen molar-refractivity contribution in [2.45, 2.75) is 13.8 Å². The van der Waals surface area contributed by atoms with E-state index in [-0.39, 0.29) is 12.1 Å². The molecule has 0 bridgehead atoms. The second-order valence-corrected chi connectivity index (χ2v) is 8.04. The molecule has 0 saturated heterocycles. The number of methoxy groups -OCH3 is 1. The fourth-order valence-electron chi connectivity index (χ4n) is 2.73. The number of ether oxygens (including phenoxy) is 1. The third-order valence-corrected chi connectivity index (χ3v) is 5.06. The van der Waals surface area contributed by atoms with Gasteiger partial charge in [-0.1, -0.05) is 24.3 Å².